The Labute approximate surface area is 127 Å². The van der Waals surface area contributed by atoms with E-state index in [0.29, 0.717) is 19.7 Å². The highest BCUT2D eigenvalue weighted by molar-refractivity contribution is 9.10. The van der Waals surface area contributed by atoms with Gasteiger partial charge < -0.3 is 15.8 Å². The summed E-state index contributed by atoms with van der Waals surface area (Å²) in [7, 11) is 0. The van der Waals surface area contributed by atoms with Crippen LogP contribution in [-0.2, 0) is 9.53 Å². The fraction of sp³-hybridized carbons (Fsp3) is 0.500. The molecule has 1 amide bonds. The van der Waals surface area contributed by atoms with Crippen LogP contribution in [0.5, 0.6) is 0 Å². The van der Waals surface area contributed by atoms with Gasteiger partial charge in [0.2, 0.25) is 5.91 Å². The summed E-state index contributed by atoms with van der Waals surface area (Å²) in [6.45, 7) is 4.35. The van der Waals surface area contributed by atoms with E-state index in [2.05, 4.69) is 26.1 Å². The van der Waals surface area contributed by atoms with Crippen molar-refractivity contribution in [2.45, 2.75) is 19.1 Å². The zero-order valence-corrected chi connectivity index (χ0v) is 13.1. The first kappa shape index (κ1) is 15.4. The fourth-order valence-electron chi connectivity index (χ4n) is 2.15. The summed E-state index contributed by atoms with van der Waals surface area (Å²) in [6.07, 6.45) is 0.0000106. The molecule has 2 atom stereocenters. The van der Waals surface area contributed by atoms with E-state index in [1.165, 1.54) is 0 Å². The molecule has 2 rings (SSSR count). The van der Waals surface area contributed by atoms with Gasteiger partial charge in [-0.05, 0) is 35.0 Å². The van der Waals surface area contributed by atoms with Crippen LogP contribution in [0.4, 0.5) is 5.69 Å². The van der Waals surface area contributed by atoms with Gasteiger partial charge in [-0.3, -0.25) is 9.69 Å². The smallest absolute Gasteiger partial charge is 0.238 e. The molecule has 6 heteroatoms. The Morgan fingerprint density at radius 1 is 1.60 bits per heavy atom. The Morgan fingerprint density at radius 2 is 2.35 bits per heavy atom. The highest BCUT2D eigenvalue weighted by atomic mass is 79.9. The minimum absolute atomic E-state index is 0.0000106. The van der Waals surface area contributed by atoms with Crippen molar-refractivity contribution in [1.82, 2.24) is 4.90 Å². The van der Waals surface area contributed by atoms with Crippen LogP contribution in [0, 0.1) is 0 Å². The Bertz CT molecular complexity index is 467. The topological polar surface area (TPSA) is 67.6 Å². The highest BCUT2D eigenvalue weighted by Crippen LogP contribution is 2.21. The third-order valence-electron chi connectivity index (χ3n) is 3.28. The van der Waals surface area contributed by atoms with Crippen molar-refractivity contribution in [3.05, 3.63) is 28.7 Å². The van der Waals surface area contributed by atoms with Crippen LogP contribution in [0.2, 0.25) is 0 Å². The molecule has 2 unspecified atom stereocenters. The molecule has 0 spiro atoms. The summed E-state index contributed by atoms with van der Waals surface area (Å²) >= 11 is 3.41. The zero-order chi connectivity index (χ0) is 14.5. The molecule has 1 heterocycles. The first-order valence-electron chi connectivity index (χ1n) is 6.70. The van der Waals surface area contributed by atoms with Crippen molar-refractivity contribution in [2.75, 3.05) is 31.6 Å². The van der Waals surface area contributed by atoms with Crippen LogP contribution in [0.25, 0.3) is 0 Å². The fourth-order valence-corrected chi connectivity index (χ4v) is 2.53. The van der Waals surface area contributed by atoms with Gasteiger partial charge in [0.1, 0.15) is 0 Å². The van der Waals surface area contributed by atoms with Crippen LogP contribution in [0.1, 0.15) is 6.92 Å². The van der Waals surface area contributed by atoms with Gasteiger partial charge in [-0.25, -0.2) is 0 Å². The van der Waals surface area contributed by atoms with Crippen molar-refractivity contribution in [1.29, 1.82) is 0 Å². The van der Waals surface area contributed by atoms with E-state index < -0.39 is 0 Å². The zero-order valence-electron chi connectivity index (χ0n) is 11.5. The first-order valence-corrected chi connectivity index (χ1v) is 7.49. The number of rotatable bonds is 4. The molecule has 0 aliphatic carbocycles. The van der Waals surface area contributed by atoms with E-state index >= 15 is 0 Å². The lowest BCUT2D eigenvalue weighted by atomic mass is 10.1. The van der Waals surface area contributed by atoms with Crippen LogP contribution in [0.15, 0.2) is 28.7 Å². The van der Waals surface area contributed by atoms with Crippen LogP contribution in [0.3, 0.4) is 0 Å². The van der Waals surface area contributed by atoms with E-state index in [9.17, 15) is 4.79 Å². The quantitative estimate of drug-likeness (QED) is 0.869. The monoisotopic (exact) mass is 341 g/mol. The molecule has 3 N–H and O–H groups in total. The van der Waals surface area contributed by atoms with Crippen molar-refractivity contribution >= 4 is 27.5 Å². The molecule has 1 fully saturated rings. The lowest BCUT2D eigenvalue weighted by Crippen LogP contribution is -2.51. The Morgan fingerprint density at radius 3 is 3.05 bits per heavy atom. The number of anilines is 1. The van der Waals surface area contributed by atoms with E-state index in [1.807, 2.05) is 31.2 Å². The Kier molecular flexibility index (Phi) is 5.54. The van der Waals surface area contributed by atoms with Gasteiger partial charge in [-0.15, -0.1) is 0 Å². The molecule has 20 heavy (non-hydrogen) atoms. The SMILES string of the molecule is CC(N)C1CN(CC(=O)Nc2ccccc2Br)CCO1. The van der Waals surface area contributed by atoms with Crippen LogP contribution in [-0.4, -0.2) is 49.2 Å². The summed E-state index contributed by atoms with van der Waals surface area (Å²) in [5.41, 5.74) is 6.63. The third-order valence-corrected chi connectivity index (χ3v) is 3.97. The van der Waals surface area contributed by atoms with Crippen molar-refractivity contribution in [3.63, 3.8) is 0 Å². The molecule has 0 aromatic heterocycles. The molecular formula is C14H20BrN3O2. The molecule has 1 saturated heterocycles. The molecule has 1 aliphatic rings. The molecular weight excluding hydrogens is 322 g/mol. The average molecular weight is 342 g/mol. The Balaban J connectivity index is 1.87. The molecule has 0 radical (unpaired) electrons. The predicted octanol–water partition coefficient (Wildman–Crippen LogP) is 1.44. The second kappa shape index (κ2) is 7.17. The maximum Gasteiger partial charge on any atom is 0.238 e. The number of morpholine rings is 1. The molecule has 1 aliphatic heterocycles. The van der Waals surface area contributed by atoms with Crippen LogP contribution < -0.4 is 11.1 Å². The number of ether oxygens (including phenoxy) is 1. The van der Waals surface area contributed by atoms with Crippen molar-refractivity contribution in [2.24, 2.45) is 5.73 Å². The molecule has 0 saturated carbocycles. The molecule has 1 aromatic rings. The highest BCUT2D eigenvalue weighted by Gasteiger charge is 2.24. The summed E-state index contributed by atoms with van der Waals surface area (Å²) in [4.78, 5) is 14.1. The lowest BCUT2D eigenvalue weighted by molar-refractivity contribution is -0.119. The molecule has 110 valence electrons. The maximum atomic E-state index is 12.1. The van der Waals surface area contributed by atoms with Gasteiger partial charge in [-0.2, -0.15) is 0 Å². The maximum absolute atomic E-state index is 12.1. The van der Waals surface area contributed by atoms with Gasteiger partial charge in [-0.1, -0.05) is 12.1 Å². The predicted molar refractivity (Wildman–Crippen MR) is 82.6 cm³/mol. The number of para-hydroxylation sites is 1. The first-order chi connectivity index (χ1) is 9.56. The third kappa shape index (κ3) is 4.28. The lowest BCUT2D eigenvalue weighted by Gasteiger charge is -2.34. The standard InChI is InChI=1S/C14H20BrN3O2/c1-10(16)13-8-18(6-7-20-13)9-14(19)17-12-5-3-2-4-11(12)15/h2-5,10,13H,6-9,16H2,1H3,(H,17,19). The number of halogens is 1. The summed E-state index contributed by atoms with van der Waals surface area (Å²) in [5, 5.41) is 2.90. The number of carbonyl (C=O) groups excluding carboxylic acids is 1. The number of nitrogens with one attached hydrogen (secondary N) is 1. The minimum Gasteiger partial charge on any atom is -0.374 e. The van der Waals surface area contributed by atoms with E-state index in [1.54, 1.807) is 0 Å². The number of nitrogens with two attached hydrogens (primary N) is 1. The summed E-state index contributed by atoms with van der Waals surface area (Å²) in [6, 6.07) is 7.54. The van der Waals surface area contributed by atoms with Gasteiger partial charge in [0, 0.05) is 23.6 Å². The van der Waals surface area contributed by atoms with Gasteiger partial charge in [0.05, 0.1) is 24.9 Å². The minimum atomic E-state index is -0.0257. The van der Waals surface area contributed by atoms with E-state index in [-0.39, 0.29) is 18.1 Å². The summed E-state index contributed by atoms with van der Waals surface area (Å²) < 4.78 is 6.46. The average Bonchev–Trinajstić information content (AvgIpc) is 2.41. The van der Waals surface area contributed by atoms with Gasteiger partial charge in [0.15, 0.2) is 0 Å². The molecule has 5 nitrogen and oxygen atoms in total. The number of hydrogen-bond donors (Lipinski definition) is 2. The van der Waals surface area contributed by atoms with E-state index in [4.69, 9.17) is 10.5 Å². The molecule has 1 aromatic carbocycles. The molecule has 0 bridgehead atoms. The van der Waals surface area contributed by atoms with E-state index in [0.717, 1.165) is 16.7 Å². The number of benzene rings is 1. The Hall–Kier alpha value is -0.950. The van der Waals surface area contributed by atoms with Gasteiger partial charge in [0.25, 0.3) is 0 Å². The normalized spacial score (nSPS) is 21.4. The number of hydrogen-bond acceptors (Lipinski definition) is 4. The van der Waals surface area contributed by atoms with Crippen molar-refractivity contribution < 1.29 is 9.53 Å². The van der Waals surface area contributed by atoms with Crippen LogP contribution >= 0.6 is 15.9 Å². The second-order valence-corrected chi connectivity index (χ2v) is 5.89. The summed E-state index contributed by atoms with van der Waals surface area (Å²) in [5.74, 6) is -0.0257. The number of amides is 1. The second-order valence-electron chi connectivity index (χ2n) is 5.03. The van der Waals surface area contributed by atoms with Gasteiger partial charge >= 0.3 is 0 Å². The largest absolute Gasteiger partial charge is 0.374 e. The number of carbonyl (C=O) groups is 1. The number of nitrogens with zero attached hydrogens (tertiary/aromatic N) is 1. The van der Waals surface area contributed by atoms with Crippen molar-refractivity contribution in [3.8, 4) is 0 Å².